The van der Waals surface area contributed by atoms with Crippen LogP contribution in [-0.4, -0.2) is 7.05 Å². The summed E-state index contributed by atoms with van der Waals surface area (Å²) in [6, 6.07) is 13.6. The maximum atomic E-state index is 12.9. The summed E-state index contributed by atoms with van der Waals surface area (Å²) in [4.78, 5) is 0. The molecule has 2 rings (SSSR count). The summed E-state index contributed by atoms with van der Waals surface area (Å²) < 4.78 is 38.7. The van der Waals surface area contributed by atoms with Gasteiger partial charge in [0.15, 0.2) is 0 Å². The van der Waals surface area contributed by atoms with Crippen LogP contribution in [0.2, 0.25) is 0 Å². The Morgan fingerprint density at radius 3 is 2.14 bits per heavy atom. The highest BCUT2D eigenvalue weighted by Crippen LogP contribution is 2.34. The Balaban J connectivity index is 2.43. The van der Waals surface area contributed by atoms with E-state index in [0.717, 1.165) is 17.2 Å². The lowest BCUT2D eigenvalue weighted by Gasteiger charge is -2.21. The fourth-order valence-electron chi connectivity index (χ4n) is 2.62. The van der Waals surface area contributed by atoms with Crippen molar-refractivity contribution in [3.8, 4) is 0 Å². The van der Waals surface area contributed by atoms with E-state index in [4.69, 9.17) is 0 Å². The predicted octanol–water partition coefficient (Wildman–Crippen LogP) is 5.14. The van der Waals surface area contributed by atoms with Crippen LogP contribution in [0.4, 0.5) is 13.2 Å². The first-order chi connectivity index (χ1) is 10.3. The second-order valence-electron chi connectivity index (χ2n) is 5.48. The van der Waals surface area contributed by atoms with Gasteiger partial charge in [-0.05, 0) is 36.7 Å². The minimum absolute atomic E-state index is 0.103. The van der Waals surface area contributed by atoms with Gasteiger partial charge in [0.2, 0.25) is 0 Å². The second kappa shape index (κ2) is 6.53. The molecule has 0 heterocycles. The van der Waals surface area contributed by atoms with Crippen LogP contribution < -0.4 is 5.32 Å². The van der Waals surface area contributed by atoms with Crippen molar-refractivity contribution in [3.05, 3.63) is 70.8 Å². The molecule has 0 aliphatic heterocycles. The standard InChI is InChI=1S/C18H20F3N/c1-12(14-7-6-8-15(11-14)18(19,20)21)16-9-4-5-10-17(16)13(2)22-3/h4-13,22H,1-3H3. The van der Waals surface area contributed by atoms with E-state index in [1.165, 1.54) is 12.1 Å². The van der Waals surface area contributed by atoms with Gasteiger partial charge in [0.1, 0.15) is 0 Å². The lowest BCUT2D eigenvalue weighted by Crippen LogP contribution is -2.15. The van der Waals surface area contributed by atoms with Gasteiger partial charge in [0, 0.05) is 12.0 Å². The van der Waals surface area contributed by atoms with Crippen LogP contribution in [0.25, 0.3) is 0 Å². The molecule has 4 heteroatoms. The van der Waals surface area contributed by atoms with Crippen molar-refractivity contribution in [1.82, 2.24) is 5.32 Å². The zero-order valence-electron chi connectivity index (χ0n) is 12.9. The highest BCUT2D eigenvalue weighted by molar-refractivity contribution is 5.40. The van der Waals surface area contributed by atoms with Crippen LogP contribution in [0, 0.1) is 0 Å². The average molecular weight is 307 g/mol. The van der Waals surface area contributed by atoms with Gasteiger partial charge in [-0.2, -0.15) is 13.2 Å². The van der Waals surface area contributed by atoms with Gasteiger partial charge in [-0.1, -0.05) is 49.4 Å². The molecular formula is C18H20F3N. The number of hydrogen-bond donors (Lipinski definition) is 1. The molecule has 2 atom stereocenters. The molecule has 118 valence electrons. The van der Waals surface area contributed by atoms with Crippen LogP contribution in [0.5, 0.6) is 0 Å². The molecule has 0 radical (unpaired) electrons. The molecule has 0 aliphatic carbocycles. The molecule has 0 aliphatic rings. The van der Waals surface area contributed by atoms with Crippen LogP contribution in [0.3, 0.4) is 0 Å². The van der Waals surface area contributed by atoms with E-state index >= 15 is 0 Å². The van der Waals surface area contributed by atoms with Crippen molar-refractivity contribution in [2.45, 2.75) is 32.0 Å². The SMILES string of the molecule is CNC(C)c1ccccc1C(C)c1cccc(C(F)(F)F)c1. The zero-order valence-corrected chi connectivity index (χ0v) is 12.9. The molecule has 0 aromatic heterocycles. The Labute approximate surface area is 129 Å². The number of alkyl halides is 3. The maximum Gasteiger partial charge on any atom is 0.416 e. The zero-order chi connectivity index (χ0) is 16.3. The number of hydrogen-bond acceptors (Lipinski definition) is 1. The quantitative estimate of drug-likeness (QED) is 0.825. The van der Waals surface area contributed by atoms with Gasteiger partial charge in [0.05, 0.1) is 5.56 Å². The van der Waals surface area contributed by atoms with Gasteiger partial charge < -0.3 is 5.32 Å². The summed E-state index contributed by atoms with van der Waals surface area (Å²) in [5, 5.41) is 3.18. The molecular weight excluding hydrogens is 287 g/mol. The number of benzene rings is 2. The van der Waals surface area contributed by atoms with Crippen LogP contribution in [0.15, 0.2) is 48.5 Å². The van der Waals surface area contributed by atoms with Crippen molar-refractivity contribution in [2.75, 3.05) is 7.05 Å². The van der Waals surface area contributed by atoms with E-state index in [1.807, 2.05) is 45.2 Å². The average Bonchev–Trinajstić information content (AvgIpc) is 2.52. The molecule has 22 heavy (non-hydrogen) atoms. The number of nitrogens with one attached hydrogen (secondary N) is 1. The normalized spacial score (nSPS) is 14.6. The third kappa shape index (κ3) is 3.50. The van der Waals surface area contributed by atoms with Crippen LogP contribution in [-0.2, 0) is 6.18 Å². The Hall–Kier alpha value is -1.81. The molecule has 2 aromatic carbocycles. The minimum atomic E-state index is -4.31. The smallest absolute Gasteiger partial charge is 0.313 e. The Kier molecular flexibility index (Phi) is 4.91. The second-order valence-corrected chi connectivity index (χ2v) is 5.48. The topological polar surface area (TPSA) is 12.0 Å². The predicted molar refractivity (Wildman–Crippen MR) is 82.9 cm³/mol. The van der Waals surface area contributed by atoms with E-state index in [9.17, 15) is 13.2 Å². The third-order valence-corrected chi connectivity index (χ3v) is 4.08. The van der Waals surface area contributed by atoms with E-state index in [2.05, 4.69) is 5.32 Å². The Morgan fingerprint density at radius 1 is 0.909 bits per heavy atom. The summed E-state index contributed by atoms with van der Waals surface area (Å²) in [5.74, 6) is -0.103. The molecule has 0 amide bonds. The molecule has 0 fully saturated rings. The van der Waals surface area contributed by atoms with Gasteiger partial charge >= 0.3 is 6.18 Å². The Morgan fingerprint density at radius 2 is 1.55 bits per heavy atom. The van der Waals surface area contributed by atoms with Crippen molar-refractivity contribution in [1.29, 1.82) is 0 Å². The summed E-state index contributed by atoms with van der Waals surface area (Å²) in [6.07, 6.45) is -4.31. The maximum absolute atomic E-state index is 12.9. The van der Waals surface area contributed by atoms with E-state index in [1.54, 1.807) is 6.07 Å². The van der Waals surface area contributed by atoms with Gasteiger partial charge in [-0.3, -0.25) is 0 Å². The number of rotatable bonds is 4. The molecule has 0 saturated carbocycles. The highest BCUT2D eigenvalue weighted by atomic mass is 19.4. The van der Waals surface area contributed by atoms with Crippen LogP contribution >= 0.6 is 0 Å². The van der Waals surface area contributed by atoms with Crippen molar-refractivity contribution >= 4 is 0 Å². The van der Waals surface area contributed by atoms with E-state index in [-0.39, 0.29) is 12.0 Å². The first kappa shape index (κ1) is 16.6. The first-order valence-electron chi connectivity index (χ1n) is 7.28. The van der Waals surface area contributed by atoms with Gasteiger partial charge in [0.25, 0.3) is 0 Å². The molecule has 2 aromatic rings. The lowest BCUT2D eigenvalue weighted by atomic mass is 9.87. The molecule has 1 N–H and O–H groups in total. The summed E-state index contributed by atoms with van der Waals surface area (Å²) >= 11 is 0. The first-order valence-corrected chi connectivity index (χ1v) is 7.28. The lowest BCUT2D eigenvalue weighted by molar-refractivity contribution is -0.137. The minimum Gasteiger partial charge on any atom is -0.313 e. The third-order valence-electron chi connectivity index (χ3n) is 4.08. The summed E-state index contributed by atoms with van der Waals surface area (Å²) in [5.41, 5.74) is 2.22. The molecule has 0 saturated heterocycles. The van der Waals surface area contributed by atoms with Crippen molar-refractivity contribution < 1.29 is 13.2 Å². The molecule has 1 nitrogen and oxygen atoms in total. The summed E-state index contributed by atoms with van der Waals surface area (Å²) in [7, 11) is 1.87. The largest absolute Gasteiger partial charge is 0.416 e. The van der Waals surface area contributed by atoms with Crippen LogP contribution in [0.1, 0.15) is 48.1 Å². The fraction of sp³-hybridized carbons (Fsp3) is 0.333. The van der Waals surface area contributed by atoms with Gasteiger partial charge in [-0.15, -0.1) is 0 Å². The molecule has 0 bridgehead atoms. The van der Waals surface area contributed by atoms with Gasteiger partial charge in [-0.25, -0.2) is 0 Å². The monoisotopic (exact) mass is 307 g/mol. The molecule has 2 unspecified atom stereocenters. The molecule has 0 spiro atoms. The van der Waals surface area contributed by atoms with Crippen molar-refractivity contribution in [3.63, 3.8) is 0 Å². The Bertz CT molecular complexity index is 634. The number of halogens is 3. The van der Waals surface area contributed by atoms with Crippen molar-refractivity contribution in [2.24, 2.45) is 0 Å². The fourth-order valence-corrected chi connectivity index (χ4v) is 2.62. The van der Waals surface area contributed by atoms with E-state index < -0.39 is 11.7 Å². The van der Waals surface area contributed by atoms with E-state index in [0.29, 0.717) is 5.56 Å². The highest BCUT2D eigenvalue weighted by Gasteiger charge is 2.31. The summed E-state index contributed by atoms with van der Waals surface area (Å²) in [6.45, 7) is 3.98.